The Morgan fingerprint density at radius 3 is 2.25 bits per heavy atom. The number of unbranched alkanes of at least 4 members (excludes halogenated alkanes) is 5. The van der Waals surface area contributed by atoms with Gasteiger partial charge in [0.15, 0.2) is 3.79 Å². The quantitative estimate of drug-likeness (QED) is 0.335. The average Bonchev–Trinajstić information content (AvgIpc) is 2.95. The molecule has 0 spiro atoms. The van der Waals surface area contributed by atoms with E-state index in [-0.39, 0.29) is 5.92 Å². The molecule has 0 fully saturated rings. The summed E-state index contributed by atoms with van der Waals surface area (Å²) in [6.07, 6.45) is 15.3. The molecule has 1 aromatic heterocycles. The SMILES string of the molecule is C=CC(CCCCCCCC)C(Cl)(Cl)Cl.c1c[nH]cn1. The van der Waals surface area contributed by atoms with Gasteiger partial charge in [0.05, 0.1) is 6.33 Å². The Bertz CT molecular complexity index is 290. The number of H-pyrrole nitrogens is 1. The molecule has 1 rings (SSSR count). The first kappa shape index (κ1) is 19.8. The van der Waals surface area contributed by atoms with E-state index in [1.165, 1.54) is 32.1 Å². The molecule has 0 bridgehead atoms. The summed E-state index contributed by atoms with van der Waals surface area (Å²) in [6.45, 7) is 5.92. The van der Waals surface area contributed by atoms with Gasteiger partial charge in [0.2, 0.25) is 0 Å². The molecule has 1 aromatic rings. The fraction of sp³-hybridized carbons (Fsp3) is 0.667. The highest BCUT2D eigenvalue weighted by molar-refractivity contribution is 6.67. The summed E-state index contributed by atoms with van der Waals surface area (Å²) in [5.41, 5.74) is 0. The Morgan fingerprint density at radius 1 is 1.20 bits per heavy atom. The van der Waals surface area contributed by atoms with Crippen LogP contribution in [0.25, 0.3) is 0 Å². The van der Waals surface area contributed by atoms with Gasteiger partial charge in [-0.1, -0.05) is 86.3 Å². The second-order valence-electron chi connectivity index (χ2n) is 4.70. The highest BCUT2D eigenvalue weighted by atomic mass is 35.6. The van der Waals surface area contributed by atoms with Crippen LogP contribution in [-0.2, 0) is 0 Å². The predicted molar refractivity (Wildman–Crippen MR) is 90.6 cm³/mol. The molecule has 2 nitrogen and oxygen atoms in total. The zero-order valence-electron chi connectivity index (χ0n) is 12.1. The Balaban J connectivity index is 0.000000595. The van der Waals surface area contributed by atoms with Crippen LogP contribution < -0.4 is 0 Å². The molecule has 116 valence electrons. The second kappa shape index (κ2) is 12.6. The minimum atomic E-state index is -1.19. The predicted octanol–water partition coefficient (Wildman–Crippen LogP) is 6.32. The largest absolute Gasteiger partial charge is 0.351 e. The number of nitrogens with one attached hydrogen (secondary N) is 1. The lowest BCUT2D eigenvalue weighted by Crippen LogP contribution is -2.16. The van der Waals surface area contributed by atoms with E-state index in [4.69, 9.17) is 34.8 Å². The van der Waals surface area contributed by atoms with Crippen LogP contribution in [0.3, 0.4) is 0 Å². The van der Waals surface area contributed by atoms with Gasteiger partial charge in [-0.3, -0.25) is 0 Å². The molecule has 5 heteroatoms. The molecule has 1 unspecified atom stereocenters. The molecular weight excluding hydrogens is 315 g/mol. The van der Waals surface area contributed by atoms with Crippen LogP contribution in [0.2, 0.25) is 0 Å². The van der Waals surface area contributed by atoms with Crippen molar-refractivity contribution in [3.05, 3.63) is 31.4 Å². The standard InChI is InChI=1S/C12H21Cl3.C3H4N2/c1-3-5-6-7-8-9-10-11(4-2)12(13,14)15;1-2-5-3-4-1/h4,11H,2-3,5-10H2,1H3;1-3H,(H,4,5). The van der Waals surface area contributed by atoms with Crippen molar-refractivity contribution in [1.29, 1.82) is 0 Å². The van der Waals surface area contributed by atoms with Gasteiger partial charge in [-0.2, -0.15) is 0 Å². The highest BCUT2D eigenvalue weighted by Gasteiger charge is 2.29. The number of aromatic nitrogens is 2. The summed E-state index contributed by atoms with van der Waals surface area (Å²) in [7, 11) is 0. The highest BCUT2D eigenvalue weighted by Crippen LogP contribution is 2.38. The van der Waals surface area contributed by atoms with Gasteiger partial charge in [0.1, 0.15) is 0 Å². The Labute approximate surface area is 137 Å². The molecule has 1 heterocycles. The molecule has 1 atom stereocenters. The van der Waals surface area contributed by atoms with Crippen molar-refractivity contribution in [2.24, 2.45) is 5.92 Å². The van der Waals surface area contributed by atoms with E-state index in [0.29, 0.717) is 0 Å². The molecule has 0 aliphatic rings. The van der Waals surface area contributed by atoms with Crippen molar-refractivity contribution in [2.75, 3.05) is 0 Å². The zero-order chi connectivity index (χ0) is 15.3. The van der Waals surface area contributed by atoms with Crippen LogP contribution in [0.15, 0.2) is 31.4 Å². The molecule has 0 saturated heterocycles. The minimum Gasteiger partial charge on any atom is -0.351 e. The van der Waals surface area contributed by atoms with Crippen molar-refractivity contribution in [3.8, 4) is 0 Å². The molecule has 20 heavy (non-hydrogen) atoms. The maximum atomic E-state index is 5.82. The summed E-state index contributed by atoms with van der Waals surface area (Å²) in [5.74, 6) is -0.0197. The molecule has 0 aliphatic heterocycles. The Morgan fingerprint density at radius 2 is 1.85 bits per heavy atom. The molecule has 0 aliphatic carbocycles. The topological polar surface area (TPSA) is 28.7 Å². The van der Waals surface area contributed by atoms with Gasteiger partial charge < -0.3 is 4.98 Å². The lowest BCUT2D eigenvalue weighted by Gasteiger charge is -2.20. The summed E-state index contributed by atoms with van der Waals surface area (Å²) in [5, 5.41) is 0. The summed E-state index contributed by atoms with van der Waals surface area (Å²) >= 11 is 17.5. The third-order valence-electron chi connectivity index (χ3n) is 2.98. The first-order valence-electron chi connectivity index (χ1n) is 7.14. The maximum absolute atomic E-state index is 5.82. The minimum absolute atomic E-state index is 0.0197. The first-order valence-corrected chi connectivity index (χ1v) is 8.27. The number of hydrogen-bond acceptors (Lipinski definition) is 1. The molecule has 1 N–H and O–H groups in total. The number of imidazole rings is 1. The van der Waals surface area contributed by atoms with E-state index in [9.17, 15) is 0 Å². The lowest BCUT2D eigenvalue weighted by molar-refractivity contribution is 0.524. The molecule has 0 radical (unpaired) electrons. The van der Waals surface area contributed by atoms with E-state index < -0.39 is 3.79 Å². The average molecular weight is 340 g/mol. The number of alkyl halides is 3. The number of hydrogen-bond donors (Lipinski definition) is 1. The molecule has 0 saturated carbocycles. The van der Waals surface area contributed by atoms with Crippen molar-refractivity contribution < 1.29 is 0 Å². The van der Waals surface area contributed by atoms with Gasteiger partial charge in [-0.25, -0.2) is 4.98 Å². The normalized spacial score (nSPS) is 12.4. The third kappa shape index (κ3) is 11.6. The summed E-state index contributed by atoms with van der Waals surface area (Å²) in [6, 6.07) is 0. The van der Waals surface area contributed by atoms with Crippen LogP contribution in [0.4, 0.5) is 0 Å². The van der Waals surface area contributed by atoms with Crippen molar-refractivity contribution >= 4 is 34.8 Å². The Kier molecular flexibility index (Phi) is 12.4. The van der Waals surface area contributed by atoms with Crippen LogP contribution >= 0.6 is 34.8 Å². The van der Waals surface area contributed by atoms with Gasteiger partial charge in [0, 0.05) is 18.3 Å². The van der Waals surface area contributed by atoms with Crippen LogP contribution in [0.1, 0.15) is 51.9 Å². The van der Waals surface area contributed by atoms with Gasteiger partial charge in [-0.15, -0.1) is 6.58 Å². The van der Waals surface area contributed by atoms with Gasteiger partial charge >= 0.3 is 0 Å². The first-order chi connectivity index (χ1) is 9.52. The van der Waals surface area contributed by atoms with Gasteiger partial charge in [0.25, 0.3) is 0 Å². The lowest BCUT2D eigenvalue weighted by atomic mass is 10.0. The fourth-order valence-electron chi connectivity index (χ4n) is 1.77. The number of allylic oxidation sites excluding steroid dienone is 1. The van der Waals surface area contributed by atoms with Crippen molar-refractivity contribution in [3.63, 3.8) is 0 Å². The van der Waals surface area contributed by atoms with Gasteiger partial charge in [-0.05, 0) is 6.42 Å². The van der Waals surface area contributed by atoms with E-state index >= 15 is 0 Å². The number of rotatable bonds is 8. The summed E-state index contributed by atoms with van der Waals surface area (Å²) in [4.78, 5) is 6.42. The smallest absolute Gasteiger partial charge is 0.196 e. The molecule has 0 amide bonds. The van der Waals surface area contributed by atoms with E-state index in [2.05, 4.69) is 23.5 Å². The number of halogens is 3. The fourth-order valence-corrected chi connectivity index (χ4v) is 2.37. The molecular formula is C15H25Cl3N2. The van der Waals surface area contributed by atoms with Crippen LogP contribution in [0.5, 0.6) is 0 Å². The number of nitrogens with zero attached hydrogens (tertiary/aromatic N) is 1. The summed E-state index contributed by atoms with van der Waals surface area (Å²) < 4.78 is -1.19. The monoisotopic (exact) mass is 338 g/mol. The number of aromatic amines is 1. The van der Waals surface area contributed by atoms with Crippen molar-refractivity contribution in [2.45, 2.75) is 55.7 Å². The van der Waals surface area contributed by atoms with E-state index in [1.54, 1.807) is 24.8 Å². The van der Waals surface area contributed by atoms with E-state index in [0.717, 1.165) is 12.8 Å². The third-order valence-corrected chi connectivity index (χ3v) is 3.82. The van der Waals surface area contributed by atoms with Crippen LogP contribution in [0, 0.1) is 5.92 Å². The van der Waals surface area contributed by atoms with Crippen molar-refractivity contribution in [1.82, 2.24) is 9.97 Å². The zero-order valence-corrected chi connectivity index (χ0v) is 14.4. The Hall–Kier alpha value is -0.180. The van der Waals surface area contributed by atoms with Crippen LogP contribution in [-0.4, -0.2) is 13.8 Å². The maximum Gasteiger partial charge on any atom is 0.196 e. The van der Waals surface area contributed by atoms with E-state index in [1.807, 2.05) is 0 Å². The molecule has 0 aromatic carbocycles. The second-order valence-corrected chi connectivity index (χ2v) is 7.07.